The van der Waals surface area contributed by atoms with E-state index >= 15 is 0 Å². The molecule has 0 saturated carbocycles. The van der Waals surface area contributed by atoms with Crippen LogP contribution in [-0.4, -0.2) is 57.7 Å². The second-order valence-electron chi connectivity index (χ2n) is 6.13. The highest BCUT2D eigenvalue weighted by atomic mass is 127. The summed E-state index contributed by atoms with van der Waals surface area (Å²) in [6.07, 6.45) is 3.11. The van der Waals surface area contributed by atoms with E-state index in [1.807, 2.05) is 0 Å². The van der Waals surface area contributed by atoms with Gasteiger partial charge in [-0.25, -0.2) is 0 Å². The van der Waals surface area contributed by atoms with E-state index in [-0.39, 0.29) is 24.0 Å². The number of aliphatic imine (C=N–C) groups is 1. The van der Waals surface area contributed by atoms with Gasteiger partial charge in [0.2, 0.25) is 0 Å². The predicted molar refractivity (Wildman–Crippen MR) is 112 cm³/mol. The second-order valence-corrected chi connectivity index (χ2v) is 6.13. The largest absolute Gasteiger partial charge is 0.493 e. The fourth-order valence-corrected chi connectivity index (χ4v) is 2.64. The average Bonchev–Trinajstić information content (AvgIpc) is 2.99. The molecule has 0 fully saturated rings. The molecule has 0 bridgehead atoms. The summed E-state index contributed by atoms with van der Waals surface area (Å²) in [5.41, 5.74) is 2.69. The van der Waals surface area contributed by atoms with Crippen LogP contribution >= 0.6 is 24.0 Å². The summed E-state index contributed by atoms with van der Waals surface area (Å²) < 4.78 is 5.55. The Balaban J connectivity index is 0.00000288. The van der Waals surface area contributed by atoms with Gasteiger partial charge in [0, 0.05) is 26.1 Å². The van der Waals surface area contributed by atoms with Crippen LogP contribution < -0.4 is 15.4 Å². The number of halogens is 1. The van der Waals surface area contributed by atoms with E-state index in [2.05, 4.69) is 59.7 Å². The maximum Gasteiger partial charge on any atom is 0.191 e. The average molecular weight is 446 g/mol. The van der Waals surface area contributed by atoms with Gasteiger partial charge in [-0.2, -0.15) is 0 Å². The van der Waals surface area contributed by atoms with Crippen molar-refractivity contribution in [3.05, 3.63) is 29.3 Å². The molecule has 1 aliphatic heterocycles. The molecule has 0 saturated heterocycles. The molecule has 0 aliphatic carbocycles. The van der Waals surface area contributed by atoms with Crippen molar-refractivity contribution in [2.75, 3.05) is 46.9 Å². The van der Waals surface area contributed by atoms with Gasteiger partial charge in [0.1, 0.15) is 5.75 Å². The van der Waals surface area contributed by atoms with Crippen LogP contribution in [-0.2, 0) is 12.8 Å². The van der Waals surface area contributed by atoms with Crippen LogP contribution in [0.25, 0.3) is 0 Å². The van der Waals surface area contributed by atoms with Crippen molar-refractivity contribution in [3.63, 3.8) is 0 Å². The van der Waals surface area contributed by atoms with E-state index in [4.69, 9.17) is 4.74 Å². The van der Waals surface area contributed by atoms with Gasteiger partial charge in [0.25, 0.3) is 0 Å². The summed E-state index contributed by atoms with van der Waals surface area (Å²) in [7, 11) is 4.18. The lowest BCUT2D eigenvalue weighted by Crippen LogP contribution is -2.38. The van der Waals surface area contributed by atoms with Crippen molar-refractivity contribution >= 4 is 29.9 Å². The summed E-state index contributed by atoms with van der Waals surface area (Å²) in [5.74, 6) is 1.97. The third-order valence-electron chi connectivity index (χ3n) is 3.84. The first kappa shape index (κ1) is 21.0. The summed E-state index contributed by atoms with van der Waals surface area (Å²) in [5, 5.41) is 6.72. The quantitative estimate of drug-likeness (QED) is 0.279. The Hall–Kier alpha value is -1.02. The maximum absolute atomic E-state index is 5.55. The van der Waals surface area contributed by atoms with Gasteiger partial charge < -0.3 is 20.3 Å². The van der Waals surface area contributed by atoms with Crippen LogP contribution in [0.4, 0.5) is 0 Å². The van der Waals surface area contributed by atoms with Gasteiger partial charge in [-0.3, -0.25) is 4.99 Å². The van der Waals surface area contributed by atoms with Gasteiger partial charge in [0.05, 0.1) is 6.61 Å². The highest BCUT2D eigenvalue weighted by molar-refractivity contribution is 14.0. The number of hydrogen-bond donors (Lipinski definition) is 2. The van der Waals surface area contributed by atoms with Crippen LogP contribution in [0.5, 0.6) is 5.75 Å². The Kier molecular flexibility index (Phi) is 10.1. The van der Waals surface area contributed by atoms with Crippen molar-refractivity contribution < 1.29 is 4.74 Å². The number of fused-ring (bicyclic) bond motifs is 1. The van der Waals surface area contributed by atoms with Crippen LogP contribution in [0.3, 0.4) is 0 Å². The number of rotatable bonds is 8. The molecule has 0 radical (unpaired) electrons. The zero-order valence-electron chi connectivity index (χ0n) is 15.1. The van der Waals surface area contributed by atoms with Crippen molar-refractivity contribution in [2.24, 2.45) is 4.99 Å². The molecule has 24 heavy (non-hydrogen) atoms. The molecule has 136 valence electrons. The molecule has 1 aromatic carbocycles. The highest BCUT2D eigenvalue weighted by Gasteiger charge is 2.11. The summed E-state index contributed by atoms with van der Waals surface area (Å²) in [4.78, 5) is 6.81. The lowest BCUT2D eigenvalue weighted by Gasteiger charge is -2.12. The molecular formula is C18H31IN4O. The predicted octanol–water partition coefficient (Wildman–Crippen LogP) is 2.29. The lowest BCUT2D eigenvalue weighted by atomic mass is 10.1. The standard InChI is InChI=1S/C18H30N4O.HI/c1-4-19-18(20-10-5-12-22(2)3)21-11-8-15-6-7-17-16(14-15)9-13-23-17;/h6-7,14H,4-5,8-13H2,1-3H3,(H2,19,20,21);1H. The fourth-order valence-electron chi connectivity index (χ4n) is 2.64. The van der Waals surface area contributed by atoms with Crippen molar-refractivity contribution in [3.8, 4) is 5.75 Å². The van der Waals surface area contributed by atoms with Crippen molar-refractivity contribution in [1.82, 2.24) is 15.5 Å². The number of nitrogens with zero attached hydrogens (tertiary/aromatic N) is 2. The molecule has 5 nitrogen and oxygen atoms in total. The molecular weight excluding hydrogens is 415 g/mol. The zero-order chi connectivity index (χ0) is 16.5. The Morgan fingerprint density at radius 3 is 2.88 bits per heavy atom. The number of guanidine groups is 1. The Bertz CT molecular complexity index is 520. The first-order valence-electron chi connectivity index (χ1n) is 8.60. The Morgan fingerprint density at radius 1 is 1.29 bits per heavy atom. The van der Waals surface area contributed by atoms with Crippen LogP contribution in [0.2, 0.25) is 0 Å². The first-order valence-corrected chi connectivity index (χ1v) is 8.60. The Morgan fingerprint density at radius 2 is 2.12 bits per heavy atom. The van der Waals surface area contributed by atoms with Crippen LogP contribution in [0, 0.1) is 0 Å². The van der Waals surface area contributed by atoms with Gasteiger partial charge in [-0.1, -0.05) is 12.1 Å². The van der Waals surface area contributed by atoms with Gasteiger partial charge >= 0.3 is 0 Å². The number of ether oxygens (including phenoxy) is 1. The molecule has 1 aliphatic rings. The third-order valence-corrected chi connectivity index (χ3v) is 3.84. The highest BCUT2D eigenvalue weighted by Crippen LogP contribution is 2.25. The van der Waals surface area contributed by atoms with E-state index in [9.17, 15) is 0 Å². The smallest absolute Gasteiger partial charge is 0.191 e. The molecule has 0 atom stereocenters. The van der Waals surface area contributed by atoms with Crippen LogP contribution in [0.1, 0.15) is 24.5 Å². The Labute approximate surface area is 163 Å². The minimum absolute atomic E-state index is 0. The minimum Gasteiger partial charge on any atom is -0.493 e. The van der Waals surface area contributed by atoms with E-state index < -0.39 is 0 Å². The molecule has 0 aromatic heterocycles. The second kappa shape index (κ2) is 11.5. The molecule has 2 rings (SSSR count). The molecule has 1 heterocycles. The zero-order valence-corrected chi connectivity index (χ0v) is 17.4. The van der Waals surface area contributed by atoms with E-state index in [1.54, 1.807) is 0 Å². The maximum atomic E-state index is 5.55. The molecule has 1 aromatic rings. The van der Waals surface area contributed by atoms with Gasteiger partial charge in [0.15, 0.2) is 5.96 Å². The molecule has 0 amide bonds. The normalized spacial score (nSPS) is 13.2. The summed E-state index contributed by atoms with van der Waals surface area (Å²) >= 11 is 0. The minimum atomic E-state index is 0. The van der Waals surface area contributed by atoms with Crippen molar-refractivity contribution in [2.45, 2.75) is 26.2 Å². The number of benzene rings is 1. The number of nitrogens with one attached hydrogen (secondary N) is 2. The van der Waals surface area contributed by atoms with Gasteiger partial charge in [-0.05, 0) is 57.6 Å². The molecule has 2 N–H and O–H groups in total. The van der Waals surface area contributed by atoms with Gasteiger partial charge in [-0.15, -0.1) is 24.0 Å². The monoisotopic (exact) mass is 446 g/mol. The summed E-state index contributed by atoms with van der Waals surface area (Å²) in [6.45, 7) is 6.61. The molecule has 0 spiro atoms. The summed E-state index contributed by atoms with van der Waals surface area (Å²) in [6, 6.07) is 6.52. The fraction of sp³-hybridized carbons (Fsp3) is 0.611. The lowest BCUT2D eigenvalue weighted by molar-refractivity contribution is 0.357. The van der Waals surface area contributed by atoms with Crippen molar-refractivity contribution in [1.29, 1.82) is 0 Å². The first-order chi connectivity index (χ1) is 11.2. The molecule has 6 heteroatoms. The number of hydrogen-bond acceptors (Lipinski definition) is 3. The SMILES string of the molecule is CCNC(=NCCCN(C)C)NCCc1ccc2c(c1)CCO2.I. The van der Waals surface area contributed by atoms with E-state index in [1.165, 1.54) is 11.1 Å². The molecule has 0 unspecified atom stereocenters. The third kappa shape index (κ3) is 7.25. The van der Waals surface area contributed by atoms with E-state index in [0.717, 1.165) is 63.8 Å². The van der Waals surface area contributed by atoms with Crippen LogP contribution in [0.15, 0.2) is 23.2 Å². The topological polar surface area (TPSA) is 48.9 Å². The van der Waals surface area contributed by atoms with E-state index in [0.29, 0.717) is 0 Å².